The molecule has 0 aliphatic rings. The molecule has 23 heavy (non-hydrogen) atoms. The van der Waals surface area contributed by atoms with Gasteiger partial charge in [-0.1, -0.05) is 28.9 Å². The zero-order valence-corrected chi connectivity index (χ0v) is 15.9. The summed E-state index contributed by atoms with van der Waals surface area (Å²) in [6.45, 7) is 10.1. The third kappa shape index (κ3) is 7.79. The third-order valence-electron chi connectivity index (χ3n) is 3.03. The monoisotopic (exact) mass is 388 g/mol. The number of benzene rings is 1. The number of carbonyl (C=O) groups is 1. The first-order chi connectivity index (χ1) is 10.7. The van der Waals surface area contributed by atoms with Crippen molar-refractivity contribution in [2.45, 2.75) is 46.3 Å². The summed E-state index contributed by atoms with van der Waals surface area (Å²) in [5.41, 5.74) is 0.487. The molecule has 0 atom stereocenters. The molecule has 0 aliphatic heterocycles. The molecule has 6 heteroatoms. The molecule has 0 aliphatic carbocycles. The number of hydrogen-bond donors (Lipinski definition) is 1. The second-order valence-corrected chi connectivity index (χ2v) is 7.23. The van der Waals surface area contributed by atoms with Crippen LogP contribution in [0.5, 0.6) is 0 Å². The summed E-state index contributed by atoms with van der Waals surface area (Å²) in [7, 11) is 0. The van der Waals surface area contributed by atoms with Gasteiger partial charge in [-0.15, -0.1) is 0 Å². The predicted octanol–water partition coefficient (Wildman–Crippen LogP) is 4.32. The molecule has 1 aromatic carbocycles. The highest BCUT2D eigenvalue weighted by molar-refractivity contribution is 9.10. The van der Waals surface area contributed by atoms with E-state index in [1.807, 2.05) is 27.7 Å². The number of halogens is 2. The lowest BCUT2D eigenvalue weighted by atomic mass is 10.2. The number of ether oxygens (including phenoxy) is 1. The van der Waals surface area contributed by atoms with Crippen LogP contribution >= 0.6 is 15.9 Å². The Morgan fingerprint density at radius 2 is 2.04 bits per heavy atom. The van der Waals surface area contributed by atoms with Crippen molar-refractivity contribution in [1.82, 2.24) is 10.2 Å². The minimum atomic E-state index is -0.491. The van der Waals surface area contributed by atoms with Crippen LogP contribution in [0.2, 0.25) is 0 Å². The maximum atomic E-state index is 13.0. The van der Waals surface area contributed by atoms with Gasteiger partial charge >= 0.3 is 6.09 Å². The Labute approximate surface area is 146 Å². The van der Waals surface area contributed by atoms with E-state index in [1.54, 1.807) is 11.0 Å². The fourth-order valence-corrected chi connectivity index (χ4v) is 2.48. The standard InChI is InChI=1S/C17H26BrFN2O2/c1-5-9-21(16(22)23-17(2,3)4)10-8-20-12-13-6-7-14(19)11-15(13)18/h6-7,11,20H,5,8-10,12H2,1-4H3. The van der Waals surface area contributed by atoms with Crippen molar-refractivity contribution in [3.8, 4) is 0 Å². The van der Waals surface area contributed by atoms with Gasteiger partial charge in [-0.25, -0.2) is 9.18 Å². The van der Waals surface area contributed by atoms with Crippen LogP contribution in [0, 0.1) is 5.82 Å². The molecule has 1 N–H and O–H groups in total. The SMILES string of the molecule is CCCN(CCNCc1ccc(F)cc1Br)C(=O)OC(C)(C)C. The largest absolute Gasteiger partial charge is 0.444 e. The molecule has 0 radical (unpaired) electrons. The average molecular weight is 389 g/mol. The van der Waals surface area contributed by atoms with Crippen molar-refractivity contribution in [2.24, 2.45) is 0 Å². The molecule has 0 spiro atoms. The fraction of sp³-hybridized carbons (Fsp3) is 0.588. The van der Waals surface area contributed by atoms with E-state index in [0.717, 1.165) is 16.5 Å². The van der Waals surface area contributed by atoms with E-state index >= 15 is 0 Å². The number of nitrogens with zero attached hydrogens (tertiary/aromatic N) is 1. The van der Waals surface area contributed by atoms with Crippen LogP contribution in [-0.2, 0) is 11.3 Å². The van der Waals surface area contributed by atoms with Gasteiger partial charge in [-0.3, -0.25) is 0 Å². The summed E-state index contributed by atoms with van der Waals surface area (Å²) in [6, 6.07) is 4.62. The Hall–Kier alpha value is -1.14. The van der Waals surface area contributed by atoms with Gasteiger partial charge < -0.3 is 15.0 Å². The number of rotatable bonds is 7. The van der Waals surface area contributed by atoms with Crippen molar-refractivity contribution in [1.29, 1.82) is 0 Å². The molecular weight excluding hydrogens is 363 g/mol. The molecular formula is C17H26BrFN2O2. The first kappa shape index (κ1) is 19.9. The Morgan fingerprint density at radius 1 is 1.35 bits per heavy atom. The second-order valence-electron chi connectivity index (χ2n) is 6.38. The average Bonchev–Trinajstić information content (AvgIpc) is 2.42. The van der Waals surface area contributed by atoms with Crippen LogP contribution < -0.4 is 5.32 Å². The van der Waals surface area contributed by atoms with Crippen molar-refractivity contribution in [3.05, 3.63) is 34.1 Å². The zero-order valence-electron chi connectivity index (χ0n) is 14.3. The highest BCUT2D eigenvalue weighted by Gasteiger charge is 2.21. The lowest BCUT2D eigenvalue weighted by Gasteiger charge is -2.27. The molecule has 130 valence electrons. The highest BCUT2D eigenvalue weighted by Crippen LogP contribution is 2.17. The first-order valence-electron chi connectivity index (χ1n) is 7.85. The van der Waals surface area contributed by atoms with Gasteiger partial charge in [0.15, 0.2) is 0 Å². The Bertz CT molecular complexity index is 518. The molecule has 1 amide bonds. The molecule has 0 heterocycles. The van der Waals surface area contributed by atoms with Gasteiger partial charge in [0.25, 0.3) is 0 Å². The molecule has 0 saturated carbocycles. The van der Waals surface area contributed by atoms with Crippen LogP contribution in [0.15, 0.2) is 22.7 Å². The van der Waals surface area contributed by atoms with Crippen molar-refractivity contribution in [2.75, 3.05) is 19.6 Å². The van der Waals surface area contributed by atoms with E-state index in [9.17, 15) is 9.18 Å². The topological polar surface area (TPSA) is 41.6 Å². The smallest absolute Gasteiger partial charge is 0.410 e. The molecule has 0 bridgehead atoms. The minimum absolute atomic E-state index is 0.264. The number of hydrogen-bond acceptors (Lipinski definition) is 3. The van der Waals surface area contributed by atoms with Gasteiger partial charge in [-0.2, -0.15) is 0 Å². The predicted molar refractivity (Wildman–Crippen MR) is 93.9 cm³/mol. The molecule has 4 nitrogen and oxygen atoms in total. The van der Waals surface area contributed by atoms with Crippen molar-refractivity contribution in [3.63, 3.8) is 0 Å². The van der Waals surface area contributed by atoms with Gasteiger partial charge in [0.05, 0.1) is 0 Å². The fourth-order valence-electron chi connectivity index (χ4n) is 1.99. The minimum Gasteiger partial charge on any atom is -0.444 e. The quantitative estimate of drug-likeness (QED) is 0.706. The zero-order chi connectivity index (χ0) is 17.5. The lowest BCUT2D eigenvalue weighted by molar-refractivity contribution is 0.0252. The van der Waals surface area contributed by atoms with E-state index in [-0.39, 0.29) is 11.9 Å². The summed E-state index contributed by atoms with van der Waals surface area (Å²) < 4.78 is 19.2. The molecule has 0 saturated heterocycles. The first-order valence-corrected chi connectivity index (χ1v) is 8.65. The van der Waals surface area contributed by atoms with Crippen molar-refractivity contribution >= 4 is 22.0 Å². The molecule has 0 aromatic heterocycles. The second kappa shape index (κ2) is 9.23. The van der Waals surface area contributed by atoms with Gasteiger partial charge in [-0.05, 0) is 44.9 Å². The Kier molecular flexibility index (Phi) is 7.99. The molecule has 1 rings (SSSR count). The van der Waals surface area contributed by atoms with E-state index in [0.29, 0.717) is 26.2 Å². The van der Waals surface area contributed by atoms with Gasteiger partial charge in [0, 0.05) is 30.7 Å². The highest BCUT2D eigenvalue weighted by atomic mass is 79.9. The van der Waals surface area contributed by atoms with Crippen LogP contribution in [0.4, 0.5) is 9.18 Å². The Morgan fingerprint density at radius 3 is 2.61 bits per heavy atom. The normalized spacial score (nSPS) is 11.4. The van der Waals surface area contributed by atoms with E-state index in [1.165, 1.54) is 12.1 Å². The van der Waals surface area contributed by atoms with Gasteiger partial charge in [0.2, 0.25) is 0 Å². The third-order valence-corrected chi connectivity index (χ3v) is 3.77. The number of carbonyl (C=O) groups excluding carboxylic acids is 1. The van der Waals surface area contributed by atoms with Crippen LogP contribution in [-0.4, -0.2) is 36.2 Å². The number of nitrogens with one attached hydrogen (secondary N) is 1. The molecule has 1 aromatic rings. The van der Waals surface area contributed by atoms with Crippen LogP contribution in [0.3, 0.4) is 0 Å². The maximum absolute atomic E-state index is 13.0. The lowest BCUT2D eigenvalue weighted by Crippen LogP contribution is -2.40. The van der Waals surface area contributed by atoms with Crippen LogP contribution in [0.1, 0.15) is 39.7 Å². The molecule has 0 fully saturated rings. The van der Waals surface area contributed by atoms with E-state index < -0.39 is 5.60 Å². The van der Waals surface area contributed by atoms with E-state index in [2.05, 4.69) is 21.2 Å². The summed E-state index contributed by atoms with van der Waals surface area (Å²) >= 11 is 3.34. The summed E-state index contributed by atoms with van der Waals surface area (Å²) in [4.78, 5) is 13.8. The van der Waals surface area contributed by atoms with E-state index in [4.69, 9.17) is 4.74 Å². The molecule has 0 unspecified atom stereocenters. The van der Waals surface area contributed by atoms with Crippen LogP contribution in [0.25, 0.3) is 0 Å². The van der Waals surface area contributed by atoms with Crippen molar-refractivity contribution < 1.29 is 13.9 Å². The maximum Gasteiger partial charge on any atom is 0.410 e. The Balaban J connectivity index is 2.45. The summed E-state index contributed by atoms with van der Waals surface area (Å²) in [5.74, 6) is -0.264. The summed E-state index contributed by atoms with van der Waals surface area (Å²) in [5, 5.41) is 3.27. The summed E-state index contributed by atoms with van der Waals surface area (Å²) in [6.07, 6.45) is 0.590. The van der Waals surface area contributed by atoms with Gasteiger partial charge in [0.1, 0.15) is 11.4 Å². The number of amides is 1.